The first kappa shape index (κ1) is 21.0. The summed E-state index contributed by atoms with van der Waals surface area (Å²) in [6.07, 6.45) is 2.99. The minimum atomic E-state index is -0.957. The minimum Gasteiger partial charge on any atom is -0.497 e. The van der Waals surface area contributed by atoms with Crippen LogP contribution in [0.3, 0.4) is 0 Å². The van der Waals surface area contributed by atoms with Gasteiger partial charge < -0.3 is 19.3 Å². The molecular formula is C19H22N2O7. The number of allylic oxidation sites excluding steroid dienone is 1. The van der Waals surface area contributed by atoms with Crippen molar-refractivity contribution in [2.24, 2.45) is 0 Å². The molecule has 0 atom stereocenters. The van der Waals surface area contributed by atoms with Gasteiger partial charge in [0.05, 0.1) is 14.2 Å². The first-order valence-corrected chi connectivity index (χ1v) is 8.42. The van der Waals surface area contributed by atoms with Crippen molar-refractivity contribution in [3.05, 3.63) is 56.2 Å². The lowest BCUT2D eigenvalue weighted by atomic mass is 10.1. The summed E-state index contributed by atoms with van der Waals surface area (Å²) < 4.78 is 16.2. The Labute approximate surface area is 160 Å². The molecule has 2 N–H and O–H groups in total. The zero-order valence-electron chi connectivity index (χ0n) is 15.9. The van der Waals surface area contributed by atoms with Crippen molar-refractivity contribution in [1.29, 1.82) is 0 Å². The van der Waals surface area contributed by atoms with Crippen molar-refractivity contribution >= 4 is 11.9 Å². The van der Waals surface area contributed by atoms with Crippen molar-refractivity contribution in [1.82, 2.24) is 9.55 Å². The van der Waals surface area contributed by atoms with Crippen LogP contribution in [0.15, 0.2) is 33.9 Å². The highest BCUT2D eigenvalue weighted by Crippen LogP contribution is 2.25. The SMILES string of the molecule is COCCCn1c(O)c(C(=O)/C=C/c2ccc(OC)cc2OC)c(=O)[nH]c1=O. The predicted octanol–water partition coefficient (Wildman–Crippen LogP) is 1.19. The van der Waals surface area contributed by atoms with Crippen LogP contribution in [0, 0.1) is 0 Å². The molecule has 2 aromatic rings. The van der Waals surface area contributed by atoms with E-state index in [0.717, 1.165) is 10.6 Å². The zero-order valence-corrected chi connectivity index (χ0v) is 15.9. The Kier molecular flexibility index (Phi) is 7.16. The van der Waals surface area contributed by atoms with E-state index >= 15 is 0 Å². The molecular weight excluding hydrogens is 368 g/mol. The van der Waals surface area contributed by atoms with Crippen LogP contribution in [0.5, 0.6) is 17.4 Å². The molecule has 0 aliphatic rings. The third-order valence-electron chi connectivity index (χ3n) is 4.00. The summed E-state index contributed by atoms with van der Waals surface area (Å²) in [6, 6.07) is 5.01. The molecule has 0 saturated carbocycles. The van der Waals surface area contributed by atoms with Crippen molar-refractivity contribution in [3.63, 3.8) is 0 Å². The van der Waals surface area contributed by atoms with E-state index in [1.807, 2.05) is 4.98 Å². The average molecular weight is 390 g/mol. The van der Waals surface area contributed by atoms with E-state index in [-0.39, 0.29) is 6.54 Å². The number of aromatic nitrogens is 2. The summed E-state index contributed by atoms with van der Waals surface area (Å²) in [5.41, 5.74) is -1.69. The van der Waals surface area contributed by atoms with Gasteiger partial charge in [0.1, 0.15) is 17.1 Å². The van der Waals surface area contributed by atoms with E-state index in [1.165, 1.54) is 27.4 Å². The van der Waals surface area contributed by atoms with Crippen LogP contribution in [0.2, 0.25) is 0 Å². The monoisotopic (exact) mass is 390 g/mol. The molecule has 0 saturated heterocycles. The molecule has 0 unspecified atom stereocenters. The maximum Gasteiger partial charge on any atom is 0.331 e. The molecule has 0 spiro atoms. The van der Waals surface area contributed by atoms with Crippen molar-refractivity contribution in [2.45, 2.75) is 13.0 Å². The van der Waals surface area contributed by atoms with E-state index in [2.05, 4.69) is 0 Å². The largest absolute Gasteiger partial charge is 0.497 e. The van der Waals surface area contributed by atoms with Gasteiger partial charge in [-0.25, -0.2) is 4.79 Å². The lowest BCUT2D eigenvalue weighted by Crippen LogP contribution is -2.33. The zero-order chi connectivity index (χ0) is 20.7. The number of ether oxygens (including phenoxy) is 3. The highest BCUT2D eigenvalue weighted by atomic mass is 16.5. The Balaban J connectivity index is 2.36. The summed E-state index contributed by atoms with van der Waals surface area (Å²) in [6.45, 7) is 0.442. The lowest BCUT2D eigenvalue weighted by molar-refractivity contribution is 0.104. The molecule has 0 bridgehead atoms. The smallest absolute Gasteiger partial charge is 0.331 e. The van der Waals surface area contributed by atoms with Crippen LogP contribution in [0.25, 0.3) is 6.08 Å². The fourth-order valence-electron chi connectivity index (χ4n) is 2.56. The number of aromatic hydroxyl groups is 1. The van der Waals surface area contributed by atoms with Gasteiger partial charge in [0.2, 0.25) is 5.88 Å². The van der Waals surface area contributed by atoms with Gasteiger partial charge in [-0.1, -0.05) is 0 Å². The van der Waals surface area contributed by atoms with Crippen molar-refractivity contribution in [3.8, 4) is 17.4 Å². The fraction of sp³-hybridized carbons (Fsp3) is 0.316. The number of hydrogen-bond donors (Lipinski definition) is 2. The molecule has 1 heterocycles. The molecule has 2 rings (SSSR count). The molecule has 0 aliphatic carbocycles. The number of carbonyl (C=O) groups excluding carboxylic acids is 1. The Morgan fingerprint density at radius 1 is 1.21 bits per heavy atom. The molecule has 28 heavy (non-hydrogen) atoms. The molecule has 0 radical (unpaired) electrons. The molecule has 0 aliphatic heterocycles. The fourth-order valence-corrected chi connectivity index (χ4v) is 2.56. The Morgan fingerprint density at radius 2 is 1.96 bits per heavy atom. The number of ketones is 1. The molecule has 9 heteroatoms. The number of rotatable bonds is 9. The number of H-pyrrole nitrogens is 1. The Bertz CT molecular complexity index is 989. The summed E-state index contributed by atoms with van der Waals surface area (Å²) in [7, 11) is 4.49. The molecule has 0 fully saturated rings. The number of methoxy groups -OCH3 is 3. The maximum absolute atomic E-state index is 12.5. The summed E-state index contributed by atoms with van der Waals surface area (Å²) in [4.78, 5) is 38.5. The van der Waals surface area contributed by atoms with Crippen LogP contribution in [-0.2, 0) is 11.3 Å². The summed E-state index contributed by atoms with van der Waals surface area (Å²) in [5.74, 6) is -0.387. The van der Waals surface area contributed by atoms with Crippen LogP contribution in [0.4, 0.5) is 0 Å². The molecule has 1 aromatic carbocycles. The third kappa shape index (κ3) is 4.68. The van der Waals surface area contributed by atoms with Gasteiger partial charge in [-0.05, 0) is 30.7 Å². The average Bonchev–Trinajstić information content (AvgIpc) is 2.68. The second kappa shape index (κ2) is 9.56. The number of benzene rings is 1. The second-order valence-electron chi connectivity index (χ2n) is 5.76. The minimum absolute atomic E-state index is 0.0889. The Hall–Kier alpha value is -3.33. The van der Waals surface area contributed by atoms with Crippen molar-refractivity contribution < 1.29 is 24.1 Å². The number of nitrogens with one attached hydrogen (secondary N) is 1. The quantitative estimate of drug-likeness (QED) is 0.375. The number of carbonyl (C=O) groups is 1. The normalized spacial score (nSPS) is 11.0. The predicted molar refractivity (Wildman–Crippen MR) is 102 cm³/mol. The standard InChI is InChI=1S/C19H22N2O7/c1-26-10-4-9-21-18(24)16(17(23)20-19(21)25)14(22)8-6-12-5-7-13(27-2)11-15(12)28-3/h5-8,11,24H,4,9-10H2,1-3H3,(H,20,23,25)/b8-6+. The van der Waals surface area contributed by atoms with Gasteiger partial charge >= 0.3 is 5.69 Å². The third-order valence-corrected chi connectivity index (χ3v) is 4.00. The molecule has 0 amide bonds. The van der Waals surface area contributed by atoms with Crippen LogP contribution >= 0.6 is 0 Å². The van der Waals surface area contributed by atoms with Gasteiger partial charge in [-0.15, -0.1) is 0 Å². The lowest BCUT2D eigenvalue weighted by Gasteiger charge is -2.10. The first-order valence-electron chi connectivity index (χ1n) is 8.42. The van der Waals surface area contributed by atoms with Gasteiger partial charge in [0.15, 0.2) is 5.78 Å². The molecule has 1 aromatic heterocycles. The van der Waals surface area contributed by atoms with Crippen molar-refractivity contribution in [2.75, 3.05) is 27.9 Å². The number of hydrogen-bond acceptors (Lipinski definition) is 7. The van der Waals surface area contributed by atoms with E-state index in [9.17, 15) is 19.5 Å². The maximum atomic E-state index is 12.5. The van der Waals surface area contributed by atoms with Crippen LogP contribution in [-0.4, -0.2) is 48.4 Å². The van der Waals surface area contributed by atoms with E-state index in [1.54, 1.807) is 18.2 Å². The highest BCUT2D eigenvalue weighted by molar-refractivity contribution is 6.08. The summed E-state index contributed by atoms with van der Waals surface area (Å²) >= 11 is 0. The second-order valence-corrected chi connectivity index (χ2v) is 5.76. The number of aromatic amines is 1. The van der Waals surface area contributed by atoms with E-state index < -0.39 is 28.5 Å². The van der Waals surface area contributed by atoms with Crippen LogP contribution in [0.1, 0.15) is 22.3 Å². The highest BCUT2D eigenvalue weighted by Gasteiger charge is 2.19. The van der Waals surface area contributed by atoms with E-state index in [0.29, 0.717) is 30.1 Å². The number of nitrogens with zero attached hydrogens (tertiary/aromatic N) is 1. The Morgan fingerprint density at radius 3 is 2.61 bits per heavy atom. The topological polar surface area (TPSA) is 120 Å². The van der Waals surface area contributed by atoms with E-state index in [4.69, 9.17) is 14.2 Å². The van der Waals surface area contributed by atoms with Gasteiger partial charge in [-0.2, -0.15) is 0 Å². The van der Waals surface area contributed by atoms with Gasteiger partial charge in [0.25, 0.3) is 5.56 Å². The molecule has 9 nitrogen and oxygen atoms in total. The van der Waals surface area contributed by atoms with Crippen LogP contribution < -0.4 is 20.7 Å². The van der Waals surface area contributed by atoms with Gasteiger partial charge in [-0.3, -0.25) is 19.1 Å². The van der Waals surface area contributed by atoms with Gasteiger partial charge in [0, 0.05) is 31.9 Å². The summed E-state index contributed by atoms with van der Waals surface area (Å²) in [5, 5.41) is 10.3. The molecule has 150 valence electrons. The first-order chi connectivity index (χ1) is 13.4.